The van der Waals surface area contributed by atoms with E-state index < -0.39 is 0 Å². The summed E-state index contributed by atoms with van der Waals surface area (Å²) in [7, 11) is 6.01. The third-order valence-corrected chi connectivity index (χ3v) is 6.06. The van der Waals surface area contributed by atoms with Gasteiger partial charge in [-0.1, -0.05) is 6.42 Å². The summed E-state index contributed by atoms with van der Waals surface area (Å²) in [5.41, 5.74) is 0. The quantitative estimate of drug-likeness (QED) is 0.255. The van der Waals surface area contributed by atoms with Gasteiger partial charge < -0.3 is 24.8 Å². The van der Waals surface area contributed by atoms with Crippen molar-refractivity contribution in [3.05, 3.63) is 11.6 Å². The monoisotopic (exact) mass is 505 g/mol. The second-order valence-electron chi connectivity index (χ2n) is 7.88. The van der Waals surface area contributed by atoms with Gasteiger partial charge in [0.05, 0.1) is 0 Å². The lowest BCUT2D eigenvalue weighted by Gasteiger charge is -2.47. The van der Waals surface area contributed by atoms with Gasteiger partial charge in [0.25, 0.3) is 0 Å². The zero-order chi connectivity index (χ0) is 19.2. The largest absolute Gasteiger partial charge is 0.385 e. The van der Waals surface area contributed by atoms with Gasteiger partial charge in [-0.25, -0.2) is 4.99 Å². The number of aryl methyl sites for hydroxylation is 1. The number of hydrogen-bond acceptors (Lipinski definition) is 5. The molecule has 9 heteroatoms. The number of methoxy groups -OCH3 is 1. The SMILES string of the molecule is COCCCNC(=NCc1nnc(C)n1C)NC1CC2CCCC(C1)N2C.I. The maximum absolute atomic E-state index is 5.16. The van der Waals surface area contributed by atoms with Gasteiger partial charge in [0, 0.05) is 45.4 Å². The summed E-state index contributed by atoms with van der Waals surface area (Å²) in [5, 5.41) is 15.5. The molecule has 160 valence electrons. The molecule has 1 aromatic heterocycles. The first-order valence-electron chi connectivity index (χ1n) is 10.2. The third kappa shape index (κ3) is 6.03. The van der Waals surface area contributed by atoms with Crippen molar-refractivity contribution >= 4 is 29.9 Å². The highest BCUT2D eigenvalue weighted by atomic mass is 127. The standard InChI is InChI=1S/C19H35N7O.HI/c1-14-23-24-18(25(14)2)13-21-19(20-9-6-10-27-4)22-15-11-16-7-5-8-17(12-15)26(16)3;/h15-17H,5-13H2,1-4H3,(H2,20,21,22);1H. The molecular weight excluding hydrogens is 469 g/mol. The van der Waals surface area contributed by atoms with Crippen molar-refractivity contribution in [2.75, 3.05) is 27.3 Å². The minimum absolute atomic E-state index is 0. The van der Waals surface area contributed by atoms with Crippen LogP contribution in [0.1, 0.15) is 50.2 Å². The molecule has 0 aliphatic carbocycles. The number of rotatable bonds is 7. The number of aliphatic imine (C=N–C) groups is 1. The molecule has 2 bridgehead atoms. The molecule has 0 radical (unpaired) electrons. The average Bonchev–Trinajstić information content (AvgIpc) is 2.96. The summed E-state index contributed by atoms with van der Waals surface area (Å²) in [6.45, 7) is 4.08. The van der Waals surface area contributed by atoms with Crippen LogP contribution in [-0.2, 0) is 18.3 Å². The normalized spacial score (nSPS) is 25.3. The molecule has 2 fully saturated rings. The summed E-state index contributed by atoms with van der Waals surface area (Å²) in [6, 6.07) is 1.88. The van der Waals surface area contributed by atoms with Crippen LogP contribution in [0.2, 0.25) is 0 Å². The smallest absolute Gasteiger partial charge is 0.191 e. The van der Waals surface area contributed by atoms with Gasteiger partial charge in [-0.2, -0.15) is 0 Å². The van der Waals surface area contributed by atoms with E-state index in [2.05, 4.69) is 32.8 Å². The fourth-order valence-corrected chi connectivity index (χ4v) is 4.24. The molecule has 3 heterocycles. The summed E-state index contributed by atoms with van der Waals surface area (Å²) >= 11 is 0. The van der Waals surface area contributed by atoms with Crippen molar-refractivity contribution in [2.45, 2.75) is 70.1 Å². The molecule has 0 saturated carbocycles. The molecule has 0 amide bonds. The van der Waals surface area contributed by atoms with E-state index in [9.17, 15) is 0 Å². The van der Waals surface area contributed by atoms with Gasteiger partial charge in [0.2, 0.25) is 0 Å². The lowest BCUT2D eigenvalue weighted by molar-refractivity contribution is 0.0526. The summed E-state index contributed by atoms with van der Waals surface area (Å²) < 4.78 is 7.15. The van der Waals surface area contributed by atoms with Gasteiger partial charge in [-0.3, -0.25) is 0 Å². The first kappa shape index (κ1) is 23.3. The Kier molecular flexibility index (Phi) is 9.42. The highest BCUT2D eigenvalue weighted by Crippen LogP contribution is 2.32. The van der Waals surface area contributed by atoms with Gasteiger partial charge in [-0.15, -0.1) is 34.2 Å². The molecule has 1 aromatic rings. The first-order valence-corrected chi connectivity index (χ1v) is 10.2. The maximum Gasteiger partial charge on any atom is 0.191 e. The van der Waals surface area contributed by atoms with Gasteiger partial charge >= 0.3 is 0 Å². The first-order chi connectivity index (χ1) is 13.1. The highest BCUT2D eigenvalue weighted by molar-refractivity contribution is 14.0. The van der Waals surface area contributed by atoms with Crippen LogP contribution in [0, 0.1) is 6.92 Å². The molecule has 28 heavy (non-hydrogen) atoms. The van der Waals surface area contributed by atoms with Gasteiger partial charge in [-0.05, 0) is 46.1 Å². The Morgan fingerprint density at radius 1 is 1.21 bits per heavy atom. The maximum atomic E-state index is 5.16. The lowest BCUT2D eigenvalue weighted by Crippen LogP contribution is -2.56. The summed E-state index contributed by atoms with van der Waals surface area (Å²) in [4.78, 5) is 7.38. The third-order valence-electron chi connectivity index (χ3n) is 6.06. The average molecular weight is 505 g/mol. The minimum Gasteiger partial charge on any atom is -0.385 e. The minimum atomic E-state index is 0. The fraction of sp³-hybridized carbons (Fsp3) is 0.842. The number of nitrogens with zero attached hydrogens (tertiary/aromatic N) is 5. The zero-order valence-electron chi connectivity index (χ0n) is 17.6. The number of guanidine groups is 1. The van der Waals surface area contributed by atoms with Crippen molar-refractivity contribution in [3.63, 3.8) is 0 Å². The van der Waals surface area contributed by atoms with Crippen molar-refractivity contribution < 1.29 is 4.74 Å². The van der Waals surface area contributed by atoms with Crippen LogP contribution >= 0.6 is 24.0 Å². The zero-order valence-corrected chi connectivity index (χ0v) is 20.0. The molecule has 2 unspecified atom stereocenters. The van der Waals surface area contributed by atoms with Crippen molar-refractivity contribution in [2.24, 2.45) is 12.0 Å². The number of ether oxygens (including phenoxy) is 1. The van der Waals surface area contributed by atoms with E-state index in [-0.39, 0.29) is 24.0 Å². The second kappa shape index (κ2) is 11.3. The van der Waals surface area contributed by atoms with Crippen molar-refractivity contribution in [3.8, 4) is 0 Å². The van der Waals surface area contributed by atoms with E-state index in [4.69, 9.17) is 9.73 Å². The molecule has 2 aliphatic heterocycles. The van der Waals surface area contributed by atoms with Crippen LogP contribution in [0.4, 0.5) is 0 Å². The molecule has 3 rings (SSSR count). The molecule has 0 spiro atoms. The Hall–Kier alpha value is -0.940. The van der Waals surface area contributed by atoms with Crippen molar-refractivity contribution in [1.29, 1.82) is 0 Å². The Bertz CT molecular complexity index is 622. The van der Waals surface area contributed by atoms with Crippen LogP contribution < -0.4 is 10.6 Å². The molecule has 0 aromatic carbocycles. The summed E-state index contributed by atoms with van der Waals surface area (Å²) in [5.74, 6) is 2.66. The topological polar surface area (TPSA) is 79.6 Å². The molecule has 8 nitrogen and oxygen atoms in total. The van der Waals surface area contributed by atoms with E-state index >= 15 is 0 Å². The predicted molar refractivity (Wildman–Crippen MR) is 122 cm³/mol. The molecule has 2 N–H and O–H groups in total. The highest BCUT2D eigenvalue weighted by Gasteiger charge is 2.36. The van der Waals surface area contributed by atoms with E-state index in [1.165, 1.54) is 32.1 Å². The van der Waals surface area contributed by atoms with Crippen LogP contribution in [0.15, 0.2) is 4.99 Å². The number of aromatic nitrogens is 3. The van der Waals surface area contributed by atoms with Gasteiger partial charge in [0.15, 0.2) is 11.8 Å². The predicted octanol–water partition coefficient (Wildman–Crippen LogP) is 1.83. The molecule has 2 atom stereocenters. The van der Waals surface area contributed by atoms with E-state index in [1.807, 2.05) is 18.5 Å². The lowest BCUT2D eigenvalue weighted by atomic mass is 9.82. The Morgan fingerprint density at radius 2 is 1.93 bits per heavy atom. The van der Waals surface area contributed by atoms with Gasteiger partial charge in [0.1, 0.15) is 12.4 Å². The van der Waals surface area contributed by atoms with E-state index in [0.717, 1.165) is 37.2 Å². The Morgan fingerprint density at radius 3 is 2.54 bits per heavy atom. The Balaban J connectivity index is 0.00000280. The fourth-order valence-electron chi connectivity index (χ4n) is 4.24. The summed E-state index contributed by atoms with van der Waals surface area (Å²) in [6.07, 6.45) is 7.34. The van der Waals surface area contributed by atoms with Crippen LogP contribution in [-0.4, -0.2) is 71.1 Å². The van der Waals surface area contributed by atoms with E-state index in [1.54, 1.807) is 7.11 Å². The molecule has 2 aliphatic rings. The van der Waals surface area contributed by atoms with Crippen LogP contribution in [0.25, 0.3) is 0 Å². The van der Waals surface area contributed by atoms with Crippen molar-refractivity contribution in [1.82, 2.24) is 30.3 Å². The number of halogens is 1. The van der Waals surface area contributed by atoms with E-state index in [0.29, 0.717) is 24.7 Å². The number of nitrogens with one attached hydrogen (secondary N) is 2. The number of fused-ring (bicyclic) bond motifs is 2. The van der Waals surface area contributed by atoms with Crippen LogP contribution in [0.3, 0.4) is 0 Å². The second-order valence-corrected chi connectivity index (χ2v) is 7.88. The molecule has 2 saturated heterocycles. The molecular formula is C19H36IN7O. The van der Waals surface area contributed by atoms with Crippen LogP contribution in [0.5, 0.6) is 0 Å². The number of piperidine rings is 2. The number of hydrogen-bond donors (Lipinski definition) is 2. The Labute approximate surface area is 185 Å².